The van der Waals surface area contributed by atoms with Crippen molar-refractivity contribution in [1.82, 2.24) is 0 Å². The van der Waals surface area contributed by atoms with Gasteiger partial charge in [-0.05, 0) is 20.8 Å². The lowest BCUT2D eigenvalue weighted by Crippen LogP contribution is -2.19. The molecule has 0 spiro atoms. The van der Waals surface area contributed by atoms with Crippen molar-refractivity contribution in [3.63, 3.8) is 0 Å². The van der Waals surface area contributed by atoms with E-state index in [-0.39, 0.29) is 9.45 Å². The molecule has 0 rings (SSSR count). The van der Waals surface area contributed by atoms with Crippen LogP contribution in [0.4, 0.5) is 4.70 Å². The van der Waals surface area contributed by atoms with Crippen LogP contribution < -0.4 is 0 Å². The minimum absolute atomic E-state index is 0. The summed E-state index contributed by atoms with van der Waals surface area (Å²) in [7, 11) is -0.683. The molecule has 0 bridgehead atoms. The highest BCUT2D eigenvalue weighted by atomic mass is 32.2. The van der Waals surface area contributed by atoms with Crippen LogP contribution in [-0.2, 0) is 10.8 Å². The lowest BCUT2D eigenvalue weighted by Gasteiger charge is -2.12. The van der Waals surface area contributed by atoms with Crippen molar-refractivity contribution in [2.75, 3.05) is 6.26 Å². The van der Waals surface area contributed by atoms with Gasteiger partial charge in [-0.1, -0.05) is 0 Å². The molecule has 0 N–H and O–H groups in total. The van der Waals surface area contributed by atoms with Gasteiger partial charge >= 0.3 is 0 Å². The normalized spacial score (nSPS) is 14.5. The van der Waals surface area contributed by atoms with Gasteiger partial charge in [0.2, 0.25) is 0 Å². The van der Waals surface area contributed by atoms with Gasteiger partial charge in [-0.25, -0.2) is 0 Å². The Hall–Kier alpha value is 0.0800. The van der Waals surface area contributed by atoms with Gasteiger partial charge in [0.25, 0.3) is 0 Å². The van der Waals surface area contributed by atoms with Gasteiger partial charge in [-0.15, -0.1) is 0 Å². The van der Waals surface area contributed by atoms with E-state index in [9.17, 15) is 4.21 Å². The van der Waals surface area contributed by atoms with Crippen molar-refractivity contribution >= 4 is 10.8 Å². The van der Waals surface area contributed by atoms with Crippen molar-refractivity contribution in [2.45, 2.75) is 25.5 Å². The number of hydrogen-bond donors (Lipinski definition) is 0. The van der Waals surface area contributed by atoms with Crippen LogP contribution in [0, 0.1) is 0 Å². The zero-order valence-electron chi connectivity index (χ0n) is 5.72. The van der Waals surface area contributed by atoms with Crippen molar-refractivity contribution < 1.29 is 8.91 Å². The van der Waals surface area contributed by atoms with Gasteiger partial charge in [0.05, 0.1) is 0 Å². The molecule has 0 amide bonds. The fourth-order valence-electron chi connectivity index (χ4n) is 0. The smallest absolute Gasteiger partial charge is 0.0372 e. The highest BCUT2D eigenvalue weighted by molar-refractivity contribution is 7.85. The van der Waals surface area contributed by atoms with Gasteiger partial charge in [-0.3, -0.25) is 8.91 Å². The minimum atomic E-state index is -0.683. The average molecular weight is 140 g/mol. The lowest BCUT2D eigenvalue weighted by molar-refractivity contribution is 0.654. The van der Waals surface area contributed by atoms with Crippen molar-refractivity contribution in [3.8, 4) is 0 Å². The zero-order valence-corrected chi connectivity index (χ0v) is 6.54. The fourth-order valence-corrected chi connectivity index (χ4v) is 0. The molecule has 52 valence electrons. The first-order chi connectivity index (χ1) is 2.94. The van der Waals surface area contributed by atoms with Gasteiger partial charge in [0.15, 0.2) is 0 Å². The Balaban J connectivity index is 0. The molecular weight excluding hydrogens is 127 g/mol. The van der Waals surface area contributed by atoms with Gasteiger partial charge in [-0.2, -0.15) is 0 Å². The summed E-state index contributed by atoms with van der Waals surface area (Å²) in [6.45, 7) is 5.88. The summed E-state index contributed by atoms with van der Waals surface area (Å²) in [5, 5.41) is 0. The summed E-state index contributed by atoms with van der Waals surface area (Å²) >= 11 is 0. The Morgan fingerprint density at radius 2 is 1.38 bits per heavy atom. The summed E-state index contributed by atoms with van der Waals surface area (Å²) < 4.78 is 10.5. The van der Waals surface area contributed by atoms with Crippen LogP contribution in [0.5, 0.6) is 0 Å². The van der Waals surface area contributed by atoms with Gasteiger partial charge < -0.3 is 0 Å². The summed E-state index contributed by atoms with van der Waals surface area (Å²) in [4.78, 5) is 0. The summed E-state index contributed by atoms with van der Waals surface area (Å²) in [5.74, 6) is 0. The Labute approximate surface area is 52.3 Å². The first-order valence-corrected chi connectivity index (χ1v) is 3.84. The first-order valence-electron chi connectivity index (χ1n) is 2.28. The largest absolute Gasteiger partial charge is 0.269 e. The van der Waals surface area contributed by atoms with E-state index in [1.165, 1.54) is 0 Å². The predicted octanol–water partition coefficient (Wildman–Crippen LogP) is 1.32. The third kappa shape index (κ3) is 4.24. The number of rotatable bonds is 0. The molecule has 0 fully saturated rings. The maximum absolute atomic E-state index is 10.6. The molecule has 8 heavy (non-hydrogen) atoms. The van der Waals surface area contributed by atoms with Crippen LogP contribution in [0.15, 0.2) is 0 Å². The van der Waals surface area contributed by atoms with Crippen LogP contribution in [0.2, 0.25) is 0 Å². The number of halogens is 1. The third-order valence-corrected chi connectivity index (χ3v) is 2.59. The standard InChI is InChI=1S/C5H12OS.FH/c1-5(2,3)7(4)6;/h1-4H3;1H. The molecule has 0 aliphatic carbocycles. The summed E-state index contributed by atoms with van der Waals surface area (Å²) in [5.41, 5.74) is 0. The third-order valence-electron chi connectivity index (χ3n) is 0.862. The molecule has 0 aromatic carbocycles. The zero-order chi connectivity index (χ0) is 6.08. The van der Waals surface area contributed by atoms with E-state index in [0.29, 0.717) is 0 Å². The second kappa shape index (κ2) is 3.17. The van der Waals surface area contributed by atoms with E-state index >= 15 is 0 Å². The van der Waals surface area contributed by atoms with Crippen LogP contribution in [0.1, 0.15) is 20.8 Å². The predicted molar refractivity (Wildman–Crippen MR) is 36.3 cm³/mol. The Kier molecular flexibility index (Phi) is 4.35. The highest BCUT2D eigenvalue weighted by Crippen LogP contribution is 2.07. The molecule has 0 saturated heterocycles. The van der Waals surface area contributed by atoms with Gasteiger partial charge in [0, 0.05) is 21.8 Å². The number of hydrogen-bond acceptors (Lipinski definition) is 1. The molecule has 0 saturated carbocycles. The van der Waals surface area contributed by atoms with Crippen LogP contribution >= 0.6 is 0 Å². The lowest BCUT2D eigenvalue weighted by atomic mass is 10.3. The SMILES string of the molecule is CS(=O)C(C)(C)C.F. The molecule has 1 nitrogen and oxygen atoms in total. The van der Waals surface area contributed by atoms with Crippen molar-refractivity contribution in [1.29, 1.82) is 0 Å². The molecular formula is C5H13FOS. The molecule has 0 aromatic rings. The second-order valence-electron chi connectivity index (χ2n) is 2.57. The van der Waals surface area contributed by atoms with E-state index in [0.717, 1.165) is 0 Å². The molecule has 3 heteroatoms. The van der Waals surface area contributed by atoms with Crippen LogP contribution in [-0.4, -0.2) is 15.2 Å². The summed E-state index contributed by atoms with van der Waals surface area (Å²) in [6.07, 6.45) is 1.72. The molecule has 0 aromatic heterocycles. The molecule has 1 atom stereocenters. The van der Waals surface area contributed by atoms with Gasteiger partial charge in [0.1, 0.15) is 0 Å². The maximum Gasteiger partial charge on any atom is 0.0372 e. The molecule has 0 aliphatic rings. The van der Waals surface area contributed by atoms with E-state index < -0.39 is 10.8 Å². The highest BCUT2D eigenvalue weighted by Gasteiger charge is 2.13. The van der Waals surface area contributed by atoms with Crippen LogP contribution in [0.25, 0.3) is 0 Å². The maximum atomic E-state index is 10.6. The first kappa shape index (κ1) is 11.0. The molecule has 1 unspecified atom stereocenters. The van der Waals surface area contributed by atoms with E-state index in [1.54, 1.807) is 6.26 Å². The fraction of sp³-hybridized carbons (Fsp3) is 1.00. The van der Waals surface area contributed by atoms with Crippen LogP contribution in [0.3, 0.4) is 0 Å². The van der Waals surface area contributed by atoms with E-state index in [2.05, 4.69) is 0 Å². The Morgan fingerprint density at radius 3 is 1.38 bits per heavy atom. The second-order valence-corrected chi connectivity index (χ2v) is 4.70. The van der Waals surface area contributed by atoms with Crippen molar-refractivity contribution in [3.05, 3.63) is 0 Å². The molecule has 0 aliphatic heterocycles. The molecule has 0 heterocycles. The van der Waals surface area contributed by atoms with E-state index in [4.69, 9.17) is 0 Å². The quantitative estimate of drug-likeness (QED) is 0.496. The minimum Gasteiger partial charge on any atom is -0.269 e. The Morgan fingerprint density at radius 1 is 1.25 bits per heavy atom. The average Bonchev–Trinajstić information content (AvgIpc) is 1.31. The molecule has 0 radical (unpaired) electrons. The topological polar surface area (TPSA) is 17.1 Å². The monoisotopic (exact) mass is 140 g/mol. The van der Waals surface area contributed by atoms with E-state index in [1.807, 2.05) is 20.8 Å². The van der Waals surface area contributed by atoms with Crippen molar-refractivity contribution in [2.24, 2.45) is 0 Å². The Bertz CT molecular complexity index is 84.9. The summed E-state index contributed by atoms with van der Waals surface area (Å²) in [6, 6.07) is 0.